The van der Waals surface area contributed by atoms with E-state index in [0.717, 1.165) is 0 Å². The number of carbonyl (C=O) groups is 3. The molecule has 0 spiro atoms. The molecule has 2 N–H and O–H groups in total. The number of hydrogen-bond acceptors (Lipinski definition) is 5. The Balaban J connectivity index is 1.61. The van der Waals surface area contributed by atoms with Gasteiger partial charge in [-0.15, -0.1) is 0 Å². The summed E-state index contributed by atoms with van der Waals surface area (Å²) in [5, 5.41) is 5.47. The third kappa shape index (κ3) is 3.86. The minimum atomic E-state index is -0.712. The highest BCUT2D eigenvalue weighted by Crippen LogP contribution is 2.14. The molecular weight excluding hydrogens is 326 g/mol. The number of nitrogens with zero attached hydrogens (tertiary/aromatic N) is 1. The Kier molecular flexibility index (Phi) is 4.51. The second-order valence-corrected chi connectivity index (χ2v) is 5.25. The van der Waals surface area contributed by atoms with Crippen LogP contribution in [0.4, 0.5) is 5.69 Å². The quantitative estimate of drug-likeness (QED) is 0.792. The first kappa shape index (κ1) is 16.3. The van der Waals surface area contributed by atoms with E-state index in [0.29, 0.717) is 11.0 Å². The van der Waals surface area contributed by atoms with Crippen LogP contribution in [0.1, 0.15) is 0 Å². The fraction of sp³-hybridized carbons (Fsp3) is 0.118. The van der Waals surface area contributed by atoms with Gasteiger partial charge in [-0.2, -0.15) is 0 Å². The molecule has 1 aromatic heterocycles. The van der Waals surface area contributed by atoms with Gasteiger partial charge in [0.05, 0.1) is 12.5 Å². The van der Waals surface area contributed by atoms with Crippen molar-refractivity contribution in [2.45, 2.75) is 0 Å². The Bertz CT molecular complexity index is 958. The van der Waals surface area contributed by atoms with Gasteiger partial charge in [-0.05, 0) is 12.1 Å². The third-order valence-corrected chi connectivity index (χ3v) is 3.45. The van der Waals surface area contributed by atoms with Crippen LogP contribution in [-0.4, -0.2) is 30.5 Å². The van der Waals surface area contributed by atoms with E-state index in [2.05, 4.69) is 15.6 Å². The van der Waals surface area contributed by atoms with Gasteiger partial charge in [0.25, 0.3) is 5.91 Å². The van der Waals surface area contributed by atoms with E-state index in [1.54, 1.807) is 24.3 Å². The molecule has 1 aliphatic heterocycles. The summed E-state index contributed by atoms with van der Waals surface area (Å²) in [6.45, 7) is -0.336. The lowest BCUT2D eigenvalue weighted by atomic mass is 10.1. The number of rotatable bonds is 4. The molecule has 126 valence electrons. The second kappa shape index (κ2) is 6.91. The Labute approximate surface area is 141 Å². The largest absolute Gasteiger partial charge is 0.421 e. The number of aliphatic imine (C=N–C) groups is 1. The molecule has 2 aromatic rings. The van der Waals surface area contributed by atoms with E-state index in [9.17, 15) is 19.2 Å². The monoisotopic (exact) mass is 339 g/mol. The predicted octanol–water partition coefficient (Wildman–Crippen LogP) is 0.631. The lowest BCUT2D eigenvalue weighted by molar-refractivity contribution is -0.124. The molecule has 0 saturated carbocycles. The summed E-state index contributed by atoms with van der Waals surface area (Å²) in [7, 11) is 0. The summed E-state index contributed by atoms with van der Waals surface area (Å²) in [5.74, 6) is -2.21. The smallest absolute Gasteiger partial charge is 0.360 e. The highest BCUT2D eigenvalue weighted by atomic mass is 16.4. The van der Waals surface area contributed by atoms with E-state index in [1.165, 1.54) is 24.4 Å². The molecule has 0 saturated heterocycles. The lowest BCUT2D eigenvalue weighted by Crippen LogP contribution is -2.37. The maximum absolute atomic E-state index is 11.9. The molecule has 25 heavy (non-hydrogen) atoms. The van der Waals surface area contributed by atoms with Crippen molar-refractivity contribution in [1.29, 1.82) is 0 Å². The normalized spacial score (nSPS) is 16.0. The van der Waals surface area contributed by atoms with Crippen molar-refractivity contribution in [1.82, 2.24) is 5.32 Å². The van der Waals surface area contributed by atoms with Crippen LogP contribution < -0.4 is 16.3 Å². The van der Waals surface area contributed by atoms with Gasteiger partial charge in [-0.25, -0.2) is 9.79 Å². The molecule has 0 fully saturated rings. The highest BCUT2D eigenvalue weighted by molar-refractivity contribution is 6.06. The number of anilines is 1. The number of hydrogen-bond donors (Lipinski definition) is 2. The number of fused-ring (bicyclic) bond motifs is 1. The first-order valence-electron chi connectivity index (χ1n) is 7.40. The van der Waals surface area contributed by atoms with Crippen LogP contribution in [0.15, 0.2) is 56.7 Å². The van der Waals surface area contributed by atoms with Gasteiger partial charge in [0.1, 0.15) is 11.3 Å². The van der Waals surface area contributed by atoms with Crippen LogP contribution in [0.5, 0.6) is 0 Å². The van der Waals surface area contributed by atoms with E-state index in [1.807, 2.05) is 0 Å². The van der Waals surface area contributed by atoms with Crippen LogP contribution in [0.3, 0.4) is 0 Å². The fourth-order valence-electron chi connectivity index (χ4n) is 2.22. The van der Waals surface area contributed by atoms with Gasteiger partial charge >= 0.3 is 5.63 Å². The molecule has 2 heterocycles. The summed E-state index contributed by atoms with van der Waals surface area (Å²) in [6.07, 6.45) is 3.78. The molecule has 1 atom stereocenters. The highest BCUT2D eigenvalue weighted by Gasteiger charge is 2.17. The number of dihydropyridines is 1. The van der Waals surface area contributed by atoms with Crippen molar-refractivity contribution in [3.05, 3.63) is 52.9 Å². The Morgan fingerprint density at radius 1 is 1.20 bits per heavy atom. The Morgan fingerprint density at radius 3 is 2.76 bits per heavy atom. The minimum absolute atomic E-state index is 0.0114. The number of nitrogens with one attached hydrogen (secondary N) is 2. The fourth-order valence-corrected chi connectivity index (χ4v) is 2.22. The van der Waals surface area contributed by atoms with Gasteiger partial charge < -0.3 is 15.1 Å². The summed E-state index contributed by atoms with van der Waals surface area (Å²) < 4.78 is 5.11. The number of amides is 3. The number of carbonyl (C=O) groups excluding carboxylic acids is 3. The van der Waals surface area contributed by atoms with Crippen LogP contribution in [-0.2, 0) is 14.4 Å². The van der Waals surface area contributed by atoms with Crippen molar-refractivity contribution >= 4 is 40.6 Å². The zero-order valence-electron chi connectivity index (χ0n) is 12.9. The van der Waals surface area contributed by atoms with Gasteiger partial charge in [0, 0.05) is 17.7 Å². The van der Waals surface area contributed by atoms with Crippen LogP contribution in [0, 0.1) is 5.92 Å². The third-order valence-electron chi connectivity index (χ3n) is 3.45. The second-order valence-electron chi connectivity index (χ2n) is 5.25. The van der Waals surface area contributed by atoms with Crippen LogP contribution >= 0.6 is 0 Å². The van der Waals surface area contributed by atoms with Crippen molar-refractivity contribution in [2.75, 3.05) is 11.9 Å². The molecule has 1 aromatic carbocycles. The average molecular weight is 339 g/mol. The molecule has 8 nitrogen and oxygen atoms in total. The molecule has 8 heteroatoms. The summed E-state index contributed by atoms with van der Waals surface area (Å²) in [4.78, 5) is 50.1. The molecular formula is C17H13N3O5. The Hall–Kier alpha value is -3.55. The van der Waals surface area contributed by atoms with Gasteiger partial charge in [0.15, 0.2) is 0 Å². The summed E-state index contributed by atoms with van der Waals surface area (Å²) >= 11 is 0. The van der Waals surface area contributed by atoms with Crippen molar-refractivity contribution in [3.8, 4) is 0 Å². The number of benzene rings is 1. The van der Waals surface area contributed by atoms with Crippen LogP contribution in [0.25, 0.3) is 11.0 Å². The van der Waals surface area contributed by atoms with Crippen molar-refractivity contribution in [2.24, 2.45) is 10.9 Å². The van der Waals surface area contributed by atoms with Gasteiger partial charge in [0.2, 0.25) is 11.8 Å². The van der Waals surface area contributed by atoms with Gasteiger partial charge in [-0.3, -0.25) is 14.4 Å². The molecule has 3 rings (SSSR count). The van der Waals surface area contributed by atoms with E-state index >= 15 is 0 Å². The predicted molar refractivity (Wildman–Crippen MR) is 90.3 cm³/mol. The minimum Gasteiger partial charge on any atom is -0.421 e. The zero-order chi connectivity index (χ0) is 17.8. The molecule has 0 bridgehead atoms. The number of para-hydroxylation sites is 1. The van der Waals surface area contributed by atoms with Crippen LogP contribution in [0.2, 0.25) is 0 Å². The Morgan fingerprint density at radius 2 is 2.00 bits per heavy atom. The standard InChI is InChI=1S/C17H13N3O5/c21-14-6-5-11(8-18-14)16(23)19-9-15(22)20-12-7-10-3-1-2-4-13(10)25-17(12)24/h1-8,11H,9H2,(H,19,23)(H,20,22). The lowest BCUT2D eigenvalue weighted by Gasteiger charge is -2.10. The molecule has 3 amide bonds. The maximum atomic E-state index is 11.9. The first-order valence-corrected chi connectivity index (χ1v) is 7.40. The van der Waals surface area contributed by atoms with E-state index < -0.39 is 29.3 Å². The topological polar surface area (TPSA) is 118 Å². The molecule has 0 aliphatic carbocycles. The average Bonchev–Trinajstić information content (AvgIpc) is 2.61. The van der Waals surface area contributed by atoms with Gasteiger partial charge in [-0.1, -0.05) is 24.3 Å². The first-order chi connectivity index (χ1) is 12.0. The molecule has 1 unspecified atom stereocenters. The zero-order valence-corrected chi connectivity index (χ0v) is 12.9. The van der Waals surface area contributed by atoms with Crippen molar-refractivity contribution < 1.29 is 18.8 Å². The SMILES string of the molecule is O=C1C=CC(C(=O)NCC(=O)Nc2cc3ccccc3oc2=O)C=N1. The molecule has 0 radical (unpaired) electrons. The summed E-state index contributed by atoms with van der Waals surface area (Å²) in [5.41, 5.74) is -0.279. The van der Waals surface area contributed by atoms with E-state index in [4.69, 9.17) is 4.42 Å². The summed E-state index contributed by atoms with van der Waals surface area (Å²) in [6, 6.07) is 8.40. The van der Waals surface area contributed by atoms with Crippen molar-refractivity contribution in [3.63, 3.8) is 0 Å². The maximum Gasteiger partial charge on any atom is 0.360 e. The molecule has 1 aliphatic rings. The van der Waals surface area contributed by atoms with E-state index in [-0.39, 0.29) is 12.2 Å².